The zero-order valence-electron chi connectivity index (χ0n) is 19.7. The first-order chi connectivity index (χ1) is 16.4. The zero-order valence-corrected chi connectivity index (χ0v) is 21.2. The molecule has 1 unspecified atom stereocenters. The number of anilines is 1. The second-order valence-corrected chi connectivity index (χ2v) is 9.95. The van der Waals surface area contributed by atoms with Crippen LogP contribution in [0.15, 0.2) is 35.3 Å². The number of carbonyl (C=O) groups excluding carboxylic acids is 1. The highest BCUT2D eigenvalue weighted by Crippen LogP contribution is 2.38. The summed E-state index contributed by atoms with van der Waals surface area (Å²) < 4.78 is 6.66. The molecule has 34 heavy (non-hydrogen) atoms. The third kappa shape index (κ3) is 5.77. The van der Waals surface area contributed by atoms with Gasteiger partial charge in [-0.15, -0.1) is 0 Å². The van der Waals surface area contributed by atoms with Gasteiger partial charge in [0.1, 0.15) is 0 Å². The molecule has 184 valence electrons. The molecule has 9 heteroatoms. The first-order valence-electron chi connectivity index (χ1n) is 11.8. The monoisotopic (exact) mass is 506 g/mol. The molecule has 2 aliphatic rings. The van der Waals surface area contributed by atoms with Gasteiger partial charge in [0.2, 0.25) is 5.91 Å². The molecular weight excluding hydrogens is 475 g/mol. The molecule has 0 bridgehead atoms. The highest BCUT2D eigenvalue weighted by Gasteiger charge is 2.40. The van der Waals surface area contributed by atoms with E-state index in [1.807, 2.05) is 17.0 Å². The second kappa shape index (κ2) is 11.1. The topological polar surface area (TPSA) is 75.6 Å². The summed E-state index contributed by atoms with van der Waals surface area (Å²) in [5.41, 5.74) is 2.55. The third-order valence-electron chi connectivity index (χ3n) is 6.71. The number of piperidine rings is 1. The predicted octanol–water partition coefficient (Wildman–Crippen LogP) is 3.63. The van der Waals surface area contributed by atoms with Gasteiger partial charge in [-0.3, -0.25) is 9.59 Å². The number of nitrogens with one attached hydrogen (secondary N) is 2. The summed E-state index contributed by atoms with van der Waals surface area (Å²) in [6.45, 7) is 3.03. The van der Waals surface area contributed by atoms with Gasteiger partial charge in [-0.25, -0.2) is 0 Å². The van der Waals surface area contributed by atoms with Crippen LogP contribution in [0.5, 0.6) is 0 Å². The minimum atomic E-state index is -0.237. The Kier molecular flexibility index (Phi) is 8.19. The molecule has 2 atom stereocenters. The van der Waals surface area contributed by atoms with Crippen molar-refractivity contribution in [3.05, 3.63) is 62.0 Å². The minimum absolute atomic E-state index is 0.00463. The second-order valence-electron chi connectivity index (χ2n) is 9.16. The lowest BCUT2D eigenvalue weighted by Gasteiger charge is -2.36. The van der Waals surface area contributed by atoms with Gasteiger partial charge in [-0.2, -0.15) is 0 Å². The van der Waals surface area contributed by atoms with Gasteiger partial charge >= 0.3 is 0 Å². The van der Waals surface area contributed by atoms with E-state index in [0.29, 0.717) is 36.3 Å². The van der Waals surface area contributed by atoms with Crippen molar-refractivity contribution < 1.29 is 9.53 Å². The van der Waals surface area contributed by atoms with E-state index >= 15 is 0 Å². The molecule has 0 spiro atoms. The minimum Gasteiger partial charge on any atom is -0.383 e. The van der Waals surface area contributed by atoms with Crippen LogP contribution in [0, 0.1) is 5.92 Å². The Hall–Kier alpha value is -2.06. The number of aryl methyl sites for hydroxylation is 1. The lowest BCUT2D eigenvalue weighted by atomic mass is 9.80. The number of methoxy groups -OCH3 is 1. The van der Waals surface area contributed by atoms with E-state index in [4.69, 9.17) is 27.9 Å². The molecule has 2 heterocycles. The van der Waals surface area contributed by atoms with Crippen LogP contribution in [-0.2, 0) is 23.1 Å². The fourth-order valence-corrected chi connectivity index (χ4v) is 5.05. The number of rotatable bonds is 9. The molecule has 7 nitrogen and oxygen atoms in total. The van der Waals surface area contributed by atoms with Gasteiger partial charge < -0.3 is 24.8 Å². The van der Waals surface area contributed by atoms with Gasteiger partial charge in [0, 0.05) is 57.8 Å². The summed E-state index contributed by atoms with van der Waals surface area (Å²) in [6, 6.07) is 7.60. The van der Waals surface area contributed by atoms with E-state index < -0.39 is 0 Å². The van der Waals surface area contributed by atoms with E-state index in [-0.39, 0.29) is 29.3 Å². The number of amides is 1. The maximum absolute atomic E-state index is 13.9. The summed E-state index contributed by atoms with van der Waals surface area (Å²) >= 11 is 13.0. The summed E-state index contributed by atoms with van der Waals surface area (Å²) in [6.07, 6.45) is 4.57. The van der Waals surface area contributed by atoms with Crippen LogP contribution < -0.4 is 16.2 Å². The number of hydrogen-bond acceptors (Lipinski definition) is 5. The number of hydrogen-bond donors (Lipinski definition) is 2. The van der Waals surface area contributed by atoms with E-state index in [1.165, 1.54) is 0 Å². The zero-order chi connectivity index (χ0) is 24.2. The molecule has 1 aliphatic carbocycles. The fraction of sp³-hybridized carbons (Fsp3) is 0.520. The third-order valence-corrected chi connectivity index (χ3v) is 7.55. The highest BCUT2D eigenvalue weighted by molar-refractivity contribution is 6.42. The van der Waals surface area contributed by atoms with Crippen LogP contribution in [-0.4, -0.2) is 54.8 Å². The first kappa shape index (κ1) is 25.0. The summed E-state index contributed by atoms with van der Waals surface area (Å²) in [5, 5.41) is 7.60. The smallest absolute Gasteiger partial charge is 0.250 e. The van der Waals surface area contributed by atoms with Gasteiger partial charge in [-0.1, -0.05) is 23.2 Å². The van der Waals surface area contributed by atoms with Crippen LogP contribution in [0.3, 0.4) is 0 Å². The number of halogens is 2. The molecule has 2 N–H and O–H groups in total. The van der Waals surface area contributed by atoms with E-state index in [1.54, 1.807) is 37.1 Å². The van der Waals surface area contributed by atoms with Crippen LogP contribution in [0.1, 0.15) is 36.3 Å². The molecule has 1 aromatic heterocycles. The fourth-order valence-electron chi connectivity index (χ4n) is 4.64. The Balaban J connectivity index is 1.58. The van der Waals surface area contributed by atoms with Crippen LogP contribution in [0.25, 0.3) is 0 Å². The molecule has 1 amide bonds. The molecule has 1 saturated heterocycles. The molecule has 2 fully saturated rings. The number of aromatic nitrogens is 1. The van der Waals surface area contributed by atoms with Crippen molar-refractivity contribution in [3.8, 4) is 0 Å². The molecule has 1 saturated carbocycles. The SMILES string of the molecule is COCCNc1cc(Cl)c(Cl)c(CN(C(=O)[C@H]2CNCCC2c2ccn(C)c(=O)c2)C2CC2)c1. The van der Waals surface area contributed by atoms with E-state index in [2.05, 4.69) is 10.6 Å². The number of ether oxygens (including phenoxy) is 1. The van der Waals surface area contributed by atoms with Crippen molar-refractivity contribution in [1.82, 2.24) is 14.8 Å². The van der Waals surface area contributed by atoms with E-state index in [0.717, 1.165) is 42.6 Å². The number of benzene rings is 1. The molecule has 0 radical (unpaired) electrons. The van der Waals surface area contributed by atoms with Gasteiger partial charge in [0.05, 0.1) is 22.6 Å². The normalized spacial score (nSPS) is 20.2. The average molecular weight is 507 g/mol. The molecule has 1 aromatic carbocycles. The summed E-state index contributed by atoms with van der Waals surface area (Å²) in [5.74, 6) is -0.131. The van der Waals surface area contributed by atoms with E-state index in [9.17, 15) is 9.59 Å². The average Bonchev–Trinajstić information content (AvgIpc) is 3.67. The van der Waals surface area contributed by atoms with Crippen molar-refractivity contribution in [2.75, 3.05) is 38.7 Å². The Morgan fingerprint density at radius 3 is 2.76 bits per heavy atom. The van der Waals surface area contributed by atoms with Crippen LogP contribution in [0.4, 0.5) is 5.69 Å². The molecule has 1 aliphatic heterocycles. The van der Waals surface area contributed by atoms with Gasteiger partial charge in [0.25, 0.3) is 5.56 Å². The van der Waals surface area contributed by atoms with Gasteiger partial charge in [-0.05, 0) is 61.1 Å². The van der Waals surface area contributed by atoms with Crippen molar-refractivity contribution in [2.45, 2.75) is 37.8 Å². The van der Waals surface area contributed by atoms with Crippen molar-refractivity contribution in [2.24, 2.45) is 13.0 Å². The van der Waals surface area contributed by atoms with Crippen LogP contribution >= 0.6 is 23.2 Å². The standard InChI is InChI=1S/C25H32Cl2N4O3/c1-30-9-6-16(12-23(30)32)20-5-7-28-14-21(20)25(33)31(19-3-4-19)15-17-11-18(29-8-10-34-2)13-22(26)24(17)27/h6,9,11-13,19-21,28-29H,3-5,7-8,10,14-15H2,1-2H3/t20?,21-/m0/s1. The van der Waals surface area contributed by atoms with Gasteiger partial charge in [0.15, 0.2) is 0 Å². The van der Waals surface area contributed by atoms with Crippen molar-refractivity contribution >= 4 is 34.8 Å². The molecule has 2 aromatic rings. The first-order valence-corrected chi connectivity index (χ1v) is 12.5. The Morgan fingerprint density at radius 2 is 2.06 bits per heavy atom. The Bertz CT molecular complexity index is 1090. The van der Waals surface area contributed by atoms with Crippen molar-refractivity contribution in [3.63, 3.8) is 0 Å². The summed E-state index contributed by atoms with van der Waals surface area (Å²) in [7, 11) is 3.39. The van der Waals surface area contributed by atoms with Crippen LogP contribution in [0.2, 0.25) is 10.0 Å². The summed E-state index contributed by atoms with van der Waals surface area (Å²) in [4.78, 5) is 28.1. The molecule has 4 rings (SSSR count). The number of pyridine rings is 1. The lowest BCUT2D eigenvalue weighted by Crippen LogP contribution is -2.47. The number of nitrogens with zero attached hydrogens (tertiary/aromatic N) is 2. The largest absolute Gasteiger partial charge is 0.383 e. The number of carbonyl (C=O) groups is 1. The highest BCUT2D eigenvalue weighted by atomic mass is 35.5. The lowest BCUT2D eigenvalue weighted by molar-refractivity contribution is -0.138. The van der Waals surface area contributed by atoms with Crippen molar-refractivity contribution in [1.29, 1.82) is 0 Å². The molecular formula is C25H32Cl2N4O3. The maximum atomic E-state index is 13.9. The Labute approximate surface area is 210 Å². The maximum Gasteiger partial charge on any atom is 0.250 e. The quantitative estimate of drug-likeness (QED) is 0.507. The Morgan fingerprint density at radius 1 is 1.26 bits per heavy atom. The predicted molar refractivity (Wildman–Crippen MR) is 136 cm³/mol.